The molecule has 5 heteroatoms. The van der Waals surface area contributed by atoms with Crippen molar-refractivity contribution in [3.8, 4) is 0 Å². The quantitative estimate of drug-likeness (QED) is 0.768. The van der Waals surface area contributed by atoms with Gasteiger partial charge in [-0.25, -0.2) is 4.79 Å². The van der Waals surface area contributed by atoms with E-state index < -0.39 is 6.04 Å². The van der Waals surface area contributed by atoms with Crippen molar-refractivity contribution in [3.63, 3.8) is 0 Å². The minimum Gasteiger partial charge on any atom is -0.462 e. The lowest BCUT2D eigenvalue weighted by atomic mass is 10.2. The number of ether oxygens (including phenoxy) is 1. The van der Waals surface area contributed by atoms with Crippen LogP contribution >= 0.6 is 0 Å². The predicted octanol–water partition coefficient (Wildman–Crippen LogP) is 1.15. The second kappa shape index (κ2) is 6.00. The van der Waals surface area contributed by atoms with E-state index >= 15 is 0 Å². The van der Waals surface area contributed by atoms with E-state index in [-0.39, 0.29) is 11.9 Å². The molecule has 0 aliphatic rings. The molecule has 17 heavy (non-hydrogen) atoms. The van der Waals surface area contributed by atoms with Gasteiger partial charge in [-0.05, 0) is 38.1 Å². The van der Waals surface area contributed by atoms with E-state index in [9.17, 15) is 9.59 Å². The number of nitrogens with two attached hydrogens (primary N) is 1. The Balaban J connectivity index is 2.68. The van der Waals surface area contributed by atoms with Crippen LogP contribution in [0.2, 0.25) is 0 Å². The van der Waals surface area contributed by atoms with Crippen molar-refractivity contribution < 1.29 is 14.3 Å². The molecule has 0 saturated carbocycles. The molecule has 0 heterocycles. The molecule has 0 aromatic heterocycles. The van der Waals surface area contributed by atoms with E-state index in [1.165, 1.54) is 0 Å². The second-order valence-electron chi connectivity index (χ2n) is 3.58. The molecule has 1 aromatic carbocycles. The van der Waals surface area contributed by atoms with Crippen LogP contribution in [0, 0.1) is 0 Å². The molecule has 5 nitrogen and oxygen atoms in total. The third-order valence-corrected chi connectivity index (χ3v) is 2.08. The van der Waals surface area contributed by atoms with Crippen LogP contribution in [0.15, 0.2) is 24.3 Å². The highest BCUT2D eigenvalue weighted by Crippen LogP contribution is 2.10. The summed E-state index contributed by atoms with van der Waals surface area (Å²) < 4.78 is 4.84. The van der Waals surface area contributed by atoms with E-state index in [0.29, 0.717) is 17.9 Å². The summed E-state index contributed by atoms with van der Waals surface area (Å²) in [5, 5.41) is 2.62. The first kappa shape index (κ1) is 13.2. The van der Waals surface area contributed by atoms with Gasteiger partial charge in [0.05, 0.1) is 18.2 Å². The monoisotopic (exact) mass is 236 g/mol. The lowest BCUT2D eigenvalue weighted by Crippen LogP contribution is -2.32. The van der Waals surface area contributed by atoms with Gasteiger partial charge in [-0.3, -0.25) is 4.79 Å². The van der Waals surface area contributed by atoms with Crippen LogP contribution in [0.1, 0.15) is 24.2 Å². The maximum absolute atomic E-state index is 11.4. The van der Waals surface area contributed by atoms with Crippen LogP contribution in [0.3, 0.4) is 0 Å². The number of nitrogens with one attached hydrogen (secondary N) is 1. The van der Waals surface area contributed by atoms with E-state index in [2.05, 4.69) is 5.32 Å². The first-order chi connectivity index (χ1) is 8.04. The number of rotatable bonds is 4. The molecule has 0 aliphatic carbocycles. The molecule has 0 saturated heterocycles. The SMILES string of the molecule is CCOC(=O)c1ccc(NC(=O)[C@@H](C)N)cc1. The van der Waals surface area contributed by atoms with E-state index in [4.69, 9.17) is 10.5 Å². The Bertz CT molecular complexity index is 399. The third-order valence-electron chi connectivity index (χ3n) is 2.08. The van der Waals surface area contributed by atoms with Crippen molar-refractivity contribution in [2.45, 2.75) is 19.9 Å². The Labute approximate surface area is 99.9 Å². The van der Waals surface area contributed by atoms with Crippen LogP contribution in [-0.2, 0) is 9.53 Å². The van der Waals surface area contributed by atoms with Crippen LogP contribution in [0.4, 0.5) is 5.69 Å². The number of benzene rings is 1. The molecule has 92 valence electrons. The molecule has 0 spiro atoms. The predicted molar refractivity (Wildman–Crippen MR) is 64.7 cm³/mol. The van der Waals surface area contributed by atoms with Crippen molar-refractivity contribution in [2.75, 3.05) is 11.9 Å². The number of anilines is 1. The second-order valence-corrected chi connectivity index (χ2v) is 3.58. The molecule has 0 aliphatic heterocycles. The van der Waals surface area contributed by atoms with Crippen LogP contribution in [0.5, 0.6) is 0 Å². The van der Waals surface area contributed by atoms with Crippen LogP contribution in [0.25, 0.3) is 0 Å². The van der Waals surface area contributed by atoms with Crippen LogP contribution in [-0.4, -0.2) is 24.5 Å². The van der Waals surface area contributed by atoms with E-state index in [0.717, 1.165) is 0 Å². The molecular formula is C12H16N2O3. The third kappa shape index (κ3) is 3.88. The minimum atomic E-state index is -0.570. The molecule has 1 rings (SSSR count). The van der Waals surface area contributed by atoms with Crippen molar-refractivity contribution in [1.29, 1.82) is 0 Å². The maximum Gasteiger partial charge on any atom is 0.338 e. The lowest BCUT2D eigenvalue weighted by molar-refractivity contribution is -0.117. The minimum absolute atomic E-state index is 0.270. The molecular weight excluding hydrogens is 220 g/mol. The first-order valence-corrected chi connectivity index (χ1v) is 5.38. The van der Waals surface area contributed by atoms with Gasteiger partial charge in [0.15, 0.2) is 0 Å². The number of hydrogen-bond donors (Lipinski definition) is 2. The number of esters is 1. The fraction of sp³-hybridized carbons (Fsp3) is 0.333. The summed E-state index contributed by atoms with van der Waals surface area (Å²) in [5.41, 5.74) is 6.46. The van der Waals surface area contributed by atoms with Crippen molar-refractivity contribution in [3.05, 3.63) is 29.8 Å². The summed E-state index contributed by atoms with van der Waals surface area (Å²) >= 11 is 0. The van der Waals surface area contributed by atoms with Crippen molar-refractivity contribution >= 4 is 17.6 Å². The molecule has 1 atom stereocenters. The Hall–Kier alpha value is -1.88. The summed E-state index contributed by atoms with van der Waals surface area (Å²) in [6.07, 6.45) is 0. The number of hydrogen-bond acceptors (Lipinski definition) is 4. The molecule has 1 amide bonds. The smallest absolute Gasteiger partial charge is 0.338 e. The standard InChI is InChI=1S/C12H16N2O3/c1-3-17-12(16)9-4-6-10(7-5-9)14-11(15)8(2)13/h4-8H,3,13H2,1-2H3,(H,14,15)/t8-/m1/s1. The summed E-state index contributed by atoms with van der Waals surface area (Å²) in [6, 6.07) is 5.88. The fourth-order valence-electron chi connectivity index (χ4n) is 1.16. The largest absolute Gasteiger partial charge is 0.462 e. The van der Waals surface area contributed by atoms with Gasteiger partial charge in [0.25, 0.3) is 0 Å². The summed E-state index contributed by atoms with van der Waals surface area (Å²) in [5.74, 6) is -0.647. The molecule has 3 N–H and O–H groups in total. The zero-order valence-corrected chi connectivity index (χ0v) is 9.90. The van der Waals surface area contributed by atoms with Gasteiger partial charge in [0, 0.05) is 5.69 Å². The summed E-state index contributed by atoms with van der Waals surface area (Å²) in [7, 11) is 0. The van der Waals surface area contributed by atoms with Gasteiger partial charge in [0.2, 0.25) is 5.91 Å². The van der Waals surface area contributed by atoms with Crippen molar-refractivity contribution in [1.82, 2.24) is 0 Å². The van der Waals surface area contributed by atoms with E-state index in [1.54, 1.807) is 38.1 Å². The first-order valence-electron chi connectivity index (χ1n) is 5.38. The van der Waals surface area contributed by atoms with Gasteiger partial charge < -0.3 is 15.8 Å². The van der Waals surface area contributed by atoms with Gasteiger partial charge in [0.1, 0.15) is 0 Å². The summed E-state index contributed by atoms with van der Waals surface area (Å²) in [6.45, 7) is 3.68. The van der Waals surface area contributed by atoms with Crippen molar-refractivity contribution in [2.24, 2.45) is 5.73 Å². The Morgan fingerprint density at radius 2 is 1.94 bits per heavy atom. The maximum atomic E-state index is 11.4. The normalized spacial score (nSPS) is 11.7. The fourth-order valence-corrected chi connectivity index (χ4v) is 1.16. The summed E-state index contributed by atoms with van der Waals surface area (Å²) in [4.78, 5) is 22.7. The zero-order chi connectivity index (χ0) is 12.8. The highest BCUT2D eigenvalue weighted by atomic mass is 16.5. The molecule has 0 unspecified atom stereocenters. The highest BCUT2D eigenvalue weighted by Gasteiger charge is 2.09. The van der Waals surface area contributed by atoms with Gasteiger partial charge >= 0.3 is 5.97 Å². The average molecular weight is 236 g/mol. The Kier molecular flexibility index (Phi) is 4.66. The topological polar surface area (TPSA) is 81.4 Å². The average Bonchev–Trinajstić information content (AvgIpc) is 2.30. The molecule has 0 fully saturated rings. The Morgan fingerprint density at radius 1 is 1.35 bits per heavy atom. The lowest BCUT2D eigenvalue weighted by Gasteiger charge is -2.08. The molecule has 0 radical (unpaired) electrons. The number of carbonyl (C=O) groups is 2. The van der Waals surface area contributed by atoms with Crippen LogP contribution < -0.4 is 11.1 Å². The van der Waals surface area contributed by atoms with Gasteiger partial charge in [-0.1, -0.05) is 0 Å². The van der Waals surface area contributed by atoms with Gasteiger partial charge in [-0.2, -0.15) is 0 Å². The molecule has 0 bridgehead atoms. The number of amides is 1. The highest BCUT2D eigenvalue weighted by molar-refractivity contribution is 5.95. The number of carbonyl (C=O) groups excluding carboxylic acids is 2. The van der Waals surface area contributed by atoms with Gasteiger partial charge in [-0.15, -0.1) is 0 Å². The molecule has 1 aromatic rings. The van der Waals surface area contributed by atoms with E-state index in [1.807, 2.05) is 0 Å². The zero-order valence-electron chi connectivity index (χ0n) is 9.90. The Morgan fingerprint density at radius 3 is 2.41 bits per heavy atom.